The Hall–Kier alpha value is -1.51. The second kappa shape index (κ2) is 9.59. The zero-order chi connectivity index (χ0) is 17.3. The Kier molecular flexibility index (Phi) is 8.15. The molecular formula is C15H26N4O3S. The van der Waals surface area contributed by atoms with Crippen LogP contribution in [0.1, 0.15) is 18.5 Å². The van der Waals surface area contributed by atoms with Gasteiger partial charge in [-0.3, -0.25) is 9.78 Å². The SMILES string of the molecule is CN(C)CCCN(CCC(=O)NCc1ccccn1)S(C)(=O)=O. The molecule has 23 heavy (non-hydrogen) atoms. The van der Waals surface area contributed by atoms with Crippen LogP contribution in [0.15, 0.2) is 24.4 Å². The van der Waals surface area contributed by atoms with E-state index >= 15 is 0 Å². The van der Waals surface area contributed by atoms with Gasteiger partial charge in [-0.2, -0.15) is 0 Å². The lowest BCUT2D eigenvalue weighted by Crippen LogP contribution is -2.36. The Morgan fingerprint density at radius 2 is 1.96 bits per heavy atom. The minimum Gasteiger partial charge on any atom is -0.350 e. The molecule has 1 N–H and O–H groups in total. The molecule has 0 aromatic carbocycles. The Morgan fingerprint density at radius 1 is 1.22 bits per heavy atom. The standard InChI is InChI=1S/C15H26N4O3S/c1-18(2)10-6-11-19(23(3,21)22)12-8-15(20)17-13-14-7-4-5-9-16-14/h4-5,7,9H,6,8,10-13H2,1-3H3,(H,17,20). The lowest BCUT2D eigenvalue weighted by molar-refractivity contribution is -0.121. The van der Waals surface area contributed by atoms with Gasteiger partial charge in [0.05, 0.1) is 18.5 Å². The number of hydrogen-bond acceptors (Lipinski definition) is 5. The third-order valence-corrected chi connectivity index (χ3v) is 4.57. The van der Waals surface area contributed by atoms with Gasteiger partial charge >= 0.3 is 0 Å². The van der Waals surface area contributed by atoms with Crippen molar-refractivity contribution in [1.82, 2.24) is 19.5 Å². The molecule has 0 atom stereocenters. The molecule has 7 nitrogen and oxygen atoms in total. The minimum atomic E-state index is -3.30. The van der Waals surface area contributed by atoms with Crippen LogP contribution >= 0.6 is 0 Å². The first-order valence-electron chi connectivity index (χ1n) is 7.55. The fraction of sp³-hybridized carbons (Fsp3) is 0.600. The Balaban J connectivity index is 2.39. The molecule has 0 unspecified atom stereocenters. The average molecular weight is 342 g/mol. The zero-order valence-electron chi connectivity index (χ0n) is 14.0. The average Bonchev–Trinajstić information content (AvgIpc) is 2.48. The van der Waals surface area contributed by atoms with Gasteiger partial charge in [-0.15, -0.1) is 0 Å². The van der Waals surface area contributed by atoms with E-state index < -0.39 is 10.0 Å². The highest BCUT2D eigenvalue weighted by Gasteiger charge is 2.17. The molecule has 0 saturated heterocycles. The summed E-state index contributed by atoms with van der Waals surface area (Å²) in [6, 6.07) is 5.48. The Labute approximate surface area is 138 Å². The molecule has 0 aliphatic rings. The maximum atomic E-state index is 11.9. The van der Waals surface area contributed by atoms with Crippen molar-refractivity contribution >= 4 is 15.9 Å². The normalized spacial score (nSPS) is 11.9. The molecule has 0 spiro atoms. The fourth-order valence-corrected chi connectivity index (χ4v) is 2.90. The van der Waals surface area contributed by atoms with E-state index in [1.54, 1.807) is 6.20 Å². The number of hydrogen-bond donors (Lipinski definition) is 1. The van der Waals surface area contributed by atoms with Crippen molar-refractivity contribution in [3.63, 3.8) is 0 Å². The van der Waals surface area contributed by atoms with Gasteiger partial charge in [0.1, 0.15) is 0 Å². The van der Waals surface area contributed by atoms with Crippen molar-refractivity contribution in [1.29, 1.82) is 0 Å². The summed E-state index contributed by atoms with van der Waals surface area (Å²) in [5.74, 6) is -0.183. The van der Waals surface area contributed by atoms with Crippen LogP contribution in [0.25, 0.3) is 0 Å². The quantitative estimate of drug-likeness (QED) is 0.661. The molecule has 8 heteroatoms. The number of nitrogens with zero attached hydrogens (tertiary/aromatic N) is 3. The number of sulfonamides is 1. The Morgan fingerprint density at radius 3 is 2.52 bits per heavy atom. The van der Waals surface area contributed by atoms with Gasteiger partial charge in [0.2, 0.25) is 15.9 Å². The highest BCUT2D eigenvalue weighted by atomic mass is 32.2. The number of carbonyl (C=O) groups excluding carboxylic acids is 1. The van der Waals surface area contributed by atoms with Gasteiger partial charge in [-0.1, -0.05) is 6.07 Å². The van der Waals surface area contributed by atoms with Crippen LogP contribution < -0.4 is 5.32 Å². The third kappa shape index (κ3) is 8.63. The number of nitrogens with one attached hydrogen (secondary N) is 1. The van der Waals surface area contributed by atoms with E-state index in [2.05, 4.69) is 10.3 Å². The molecule has 1 amide bonds. The number of pyridine rings is 1. The lowest BCUT2D eigenvalue weighted by Gasteiger charge is -2.20. The van der Waals surface area contributed by atoms with Crippen LogP contribution in [0.3, 0.4) is 0 Å². The smallest absolute Gasteiger partial charge is 0.221 e. The highest BCUT2D eigenvalue weighted by molar-refractivity contribution is 7.88. The van der Waals surface area contributed by atoms with Crippen LogP contribution in [0.2, 0.25) is 0 Å². The molecule has 0 radical (unpaired) electrons. The highest BCUT2D eigenvalue weighted by Crippen LogP contribution is 2.02. The first-order valence-corrected chi connectivity index (χ1v) is 9.40. The summed E-state index contributed by atoms with van der Waals surface area (Å²) in [5, 5.41) is 2.75. The molecule has 0 aliphatic heterocycles. The van der Waals surface area contributed by atoms with Gasteiger partial charge < -0.3 is 10.2 Å². The second-order valence-electron chi connectivity index (χ2n) is 5.67. The maximum absolute atomic E-state index is 11.9. The topological polar surface area (TPSA) is 82.6 Å². The van der Waals surface area contributed by atoms with E-state index in [0.717, 1.165) is 18.7 Å². The molecule has 0 saturated carbocycles. The van der Waals surface area contributed by atoms with Gasteiger partial charge in [-0.25, -0.2) is 12.7 Å². The molecule has 130 valence electrons. The first kappa shape index (κ1) is 19.5. The van der Waals surface area contributed by atoms with E-state index in [1.165, 1.54) is 10.6 Å². The van der Waals surface area contributed by atoms with Gasteiger partial charge in [0.15, 0.2) is 0 Å². The summed E-state index contributed by atoms with van der Waals surface area (Å²) >= 11 is 0. The summed E-state index contributed by atoms with van der Waals surface area (Å²) in [6.07, 6.45) is 3.71. The van der Waals surface area contributed by atoms with Gasteiger partial charge in [-0.05, 0) is 39.2 Å². The van der Waals surface area contributed by atoms with Crippen molar-refractivity contribution in [3.05, 3.63) is 30.1 Å². The number of rotatable bonds is 10. The summed E-state index contributed by atoms with van der Waals surface area (Å²) in [5.41, 5.74) is 0.770. The molecular weight excluding hydrogens is 316 g/mol. The third-order valence-electron chi connectivity index (χ3n) is 3.26. The maximum Gasteiger partial charge on any atom is 0.221 e. The summed E-state index contributed by atoms with van der Waals surface area (Å²) in [4.78, 5) is 18.0. The van der Waals surface area contributed by atoms with E-state index in [9.17, 15) is 13.2 Å². The second-order valence-corrected chi connectivity index (χ2v) is 7.65. The molecule has 1 heterocycles. The van der Waals surface area contributed by atoms with E-state index in [-0.39, 0.29) is 18.9 Å². The predicted octanol–water partition coefficient (Wildman–Crippen LogP) is 0.301. The van der Waals surface area contributed by atoms with Crippen LogP contribution in [0.4, 0.5) is 0 Å². The lowest BCUT2D eigenvalue weighted by atomic mass is 10.3. The number of aromatic nitrogens is 1. The predicted molar refractivity (Wildman–Crippen MR) is 90.3 cm³/mol. The van der Waals surface area contributed by atoms with E-state index in [4.69, 9.17) is 0 Å². The molecule has 0 fully saturated rings. The first-order chi connectivity index (χ1) is 10.8. The molecule has 1 aromatic rings. The molecule has 0 aliphatic carbocycles. The summed E-state index contributed by atoms with van der Waals surface area (Å²) in [7, 11) is 0.577. The summed E-state index contributed by atoms with van der Waals surface area (Å²) < 4.78 is 24.9. The zero-order valence-corrected chi connectivity index (χ0v) is 14.8. The molecule has 1 rings (SSSR count). The molecule has 0 bridgehead atoms. The number of amides is 1. The van der Waals surface area contributed by atoms with Crippen molar-refractivity contribution in [2.75, 3.05) is 40.0 Å². The fourth-order valence-electron chi connectivity index (χ4n) is 2.01. The number of carbonyl (C=O) groups is 1. The van der Waals surface area contributed by atoms with E-state index in [0.29, 0.717) is 13.1 Å². The minimum absolute atomic E-state index is 0.141. The monoisotopic (exact) mass is 342 g/mol. The molecule has 1 aromatic heterocycles. The van der Waals surface area contributed by atoms with Crippen LogP contribution in [0.5, 0.6) is 0 Å². The van der Waals surface area contributed by atoms with Crippen molar-refractivity contribution in [2.24, 2.45) is 0 Å². The van der Waals surface area contributed by atoms with E-state index in [1.807, 2.05) is 37.2 Å². The Bertz CT molecular complexity index is 576. The van der Waals surface area contributed by atoms with Crippen LogP contribution in [-0.2, 0) is 21.4 Å². The van der Waals surface area contributed by atoms with Gasteiger partial charge in [0.25, 0.3) is 0 Å². The van der Waals surface area contributed by atoms with Crippen molar-refractivity contribution in [2.45, 2.75) is 19.4 Å². The van der Waals surface area contributed by atoms with Crippen molar-refractivity contribution < 1.29 is 13.2 Å². The van der Waals surface area contributed by atoms with Gasteiger partial charge in [0, 0.05) is 25.7 Å². The summed E-state index contributed by atoms with van der Waals surface area (Å²) in [6.45, 7) is 1.77. The van der Waals surface area contributed by atoms with Crippen LogP contribution in [0, 0.1) is 0 Å². The van der Waals surface area contributed by atoms with Crippen LogP contribution in [-0.4, -0.2) is 68.5 Å². The van der Waals surface area contributed by atoms with Crippen molar-refractivity contribution in [3.8, 4) is 0 Å². The largest absolute Gasteiger partial charge is 0.350 e.